The van der Waals surface area contributed by atoms with Crippen LogP contribution < -0.4 is 4.74 Å². The van der Waals surface area contributed by atoms with Crippen molar-refractivity contribution in [2.24, 2.45) is 0 Å². The smallest absolute Gasteiger partial charge is 0.198 e. The summed E-state index contributed by atoms with van der Waals surface area (Å²) in [6, 6.07) is 9.74. The van der Waals surface area contributed by atoms with E-state index in [0.717, 1.165) is 5.56 Å². The van der Waals surface area contributed by atoms with Gasteiger partial charge in [0.25, 0.3) is 0 Å². The van der Waals surface area contributed by atoms with Crippen molar-refractivity contribution in [2.75, 3.05) is 0 Å². The summed E-state index contributed by atoms with van der Waals surface area (Å²) in [7, 11) is 0. The van der Waals surface area contributed by atoms with E-state index in [1.54, 1.807) is 45.9 Å². The lowest BCUT2D eigenvalue weighted by Crippen LogP contribution is -2.49. The number of benzene rings is 2. The average Bonchev–Trinajstić information content (AvgIpc) is 2.62. The predicted molar refractivity (Wildman–Crippen MR) is 114 cm³/mol. The zero-order valence-electron chi connectivity index (χ0n) is 17.1. The van der Waals surface area contributed by atoms with Crippen molar-refractivity contribution >= 4 is 27.3 Å². The summed E-state index contributed by atoms with van der Waals surface area (Å²) in [5, 5.41) is 10.9. The molecule has 1 N–H and O–H groups in total. The predicted octanol–water partition coefficient (Wildman–Crippen LogP) is 6.37. The molecule has 0 spiro atoms. The van der Waals surface area contributed by atoms with Crippen LogP contribution in [0.5, 0.6) is 11.5 Å². The fourth-order valence-electron chi connectivity index (χ4n) is 3.54. The molecule has 154 valence electrons. The van der Waals surface area contributed by atoms with Gasteiger partial charge in [0.15, 0.2) is 17.3 Å². The molecule has 3 rings (SSSR count). The van der Waals surface area contributed by atoms with Crippen LogP contribution in [0.25, 0.3) is 5.57 Å². The topological polar surface area (TPSA) is 55.8 Å². The summed E-state index contributed by atoms with van der Waals surface area (Å²) in [4.78, 5) is 13.1. The van der Waals surface area contributed by atoms with Crippen LogP contribution in [0.3, 0.4) is 0 Å². The molecule has 29 heavy (non-hydrogen) atoms. The second kappa shape index (κ2) is 7.58. The molecular formula is C23H24BrFO4. The summed E-state index contributed by atoms with van der Waals surface area (Å²) in [6.07, 6.45) is 0.647. The Morgan fingerprint density at radius 3 is 2.41 bits per heavy atom. The summed E-state index contributed by atoms with van der Waals surface area (Å²) >= 11 is 3.22. The molecule has 0 bridgehead atoms. The number of hydrogen-bond acceptors (Lipinski definition) is 4. The number of hydrogen-bond donors (Lipinski definition) is 1. The second-order valence-electron chi connectivity index (χ2n) is 8.02. The minimum Gasteiger partial charge on any atom is -0.508 e. The third kappa shape index (κ3) is 4.09. The Balaban J connectivity index is 2.13. The molecule has 0 radical (unpaired) electrons. The first-order chi connectivity index (χ1) is 13.5. The molecular weight excluding hydrogens is 439 g/mol. The lowest BCUT2D eigenvalue weighted by Gasteiger charge is -2.40. The van der Waals surface area contributed by atoms with E-state index in [0.29, 0.717) is 22.2 Å². The van der Waals surface area contributed by atoms with Crippen LogP contribution in [-0.4, -0.2) is 22.1 Å². The first-order valence-corrected chi connectivity index (χ1v) is 10.2. The number of aliphatic hydroxyl groups is 1. The van der Waals surface area contributed by atoms with Crippen LogP contribution in [-0.2, 0) is 16.0 Å². The van der Waals surface area contributed by atoms with Crippen molar-refractivity contribution in [3.63, 3.8) is 0 Å². The lowest BCUT2D eigenvalue weighted by atomic mass is 9.81. The van der Waals surface area contributed by atoms with Crippen LogP contribution in [0.15, 0.2) is 46.6 Å². The van der Waals surface area contributed by atoms with Crippen LogP contribution in [0, 0.1) is 5.82 Å². The van der Waals surface area contributed by atoms with Crippen LogP contribution in [0.2, 0.25) is 0 Å². The number of Topliss-reactive ketones (excluding diaryl/α,β-unsaturated/α-hetero) is 1. The molecule has 1 heterocycles. The van der Waals surface area contributed by atoms with Crippen molar-refractivity contribution in [3.05, 3.63) is 63.6 Å². The molecule has 2 aromatic carbocycles. The number of aliphatic hydroxyl groups excluding tert-OH is 1. The molecule has 0 saturated carbocycles. The summed E-state index contributed by atoms with van der Waals surface area (Å²) in [5.41, 5.74) is -0.465. The zero-order chi connectivity index (χ0) is 21.6. The largest absolute Gasteiger partial charge is 0.508 e. The van der Waals surface area contributed by atoms with Gasteiger partial charge in [-0.3, -0.25) is 4.79 Å². The van der Waals surface area contributed by atoms with Gasteiger partial charge >= 0.3 is 0 Å². The Labute approximate surface area is 178 Å². The van der Waals surface area contributed by atoms with E-state index in [4.69, 9.17) is 9.47 Å². The first kappa shape index (κ1) is 21.5. The molecule has 0 unspecified atom stereocenters. The van der Waals surface area contributed by atoms with E-state index in [2.05, 4.69) is 15.9 Å². The number of rotatable bonds is 4. The highest BCUT2D eigenvalue weighted by atomic mass is 79.9. The van der Waals surface area contributed by atoms with Crippen molar-refractivity contribution in [1.82, 2.24) is 0 Å². The molecule has 4 nitrogen and oxygen atoms in total. The molecule has 0 atom stereocenters. The molecule has 0 amide bonds. The van der Waals surface area contributed by atoms with Gasteiger partial charge in [-0.15, -0.1) is 0 Å². The fraction of sp³-hybridized carbons (Fsp3) is 0.348. The Kier molecular flexibility index (Phi) is 5.62. The third-order valence-electron chi connectivity index (χ3n) is 4.94. The average molecular weight is 463 g/mol. The monoisotopic (exact) mass is 462 g/mol. The summed E-state index contributed by atoms with van der Waals surface area (Å²) in [5.74, 6) is -0.499. The molecule has 2 aromatic rings. The standard InChI is InChI=1S/C23H24BrFO4/c1-6-13-7-9-15(28-18-10-8-14(24)11-17(18)25)12-16(13)19-20(26)22(2,3)29-23(4,5)21(19)27/h7-12,26H,6H2,1-5H3. The van der Waals surface area contributed by atoms with Gasteiger partial charge < -0.3 is 14.6 Å². The number of carbonyl (C=O) groups excluding carboxylic acids is 1. The van der Waals surface area contributed by atoms with Crippen LogP contribution >= 0.6 is 15.9 Å². The Hall–Kier alpha value is -2.18. The Bertz CT molecular complexity index is 1010. The van der Waals surface area contributed by atoms with E-state index in [-0.39, 0.29) is 22.9 Å². The number of halogens is 2. The van der Waals surface area contributed by atoms with E-state index >= 15 is 0 Å². The van der Waals surface area contributed by atoms with Gasteiger partial charge in [-0.05, 0) is 75.6 Å². The number of ketones is 1. The summed E-state index contributed by atoms with van der Waals surface area (Å²) in [6.45, 7) is 8.78. The molecule has 1 aliphatic heterocycles. The number of ether oxygens (including phenoxy) is 2. The van der Waals surface area contributed by atoms with Gasteiger partial charge in [-0.2, -0.15) is 0 Å². The maximum absolute atomic E-state index is 14.2. The molecule has 6 heteroatoms. The highest BCUT2D eigenvalue weighted by molar-refractivity contribution is 9.10. The Morgan fingerprint density at radius 1 is 1.10 bits per heavy atom. The van der Waals surface area contributed by atoms with E-state index in [1.807, 2.05) is 13.0 Å². The molecule has 0 aromatic heterocycles. The Morgan fingerprint density at radius 2 is 1.79 bits per heavy atom. The van der Waals surface area contributed by atoms with Gasteiger partial charge in [0.1, 0.15) is 22.7 Å². The van der Waals surface area contributed by atoms with Gasteiger partial charge in [-0.25, -0.2) is 4.39 Å². The van der Waals surface area contributed by atoms with Gasteiger partial charge in [0.05, 0.1) is 5.57 Å². The SMILES string of the molecule is CCc1ccc(Oc2ccc(Br)cc2F)cc1C1=C(O)C(C)(C)OC(C)(C)C1=O. The van der Waals surface area contributed by atoms with Crippen molar-refractivity contribution in [1.29, 1.82) is 0 Å². The van der Waals surface area contributed by atoms with Crippen molar-refractivity contribution < 1.29 is 23.8 Å². The highest BCUT2D eigenvalue weighted by Crippen LogP contribution is 2.42. The minimum atomic E-state index is -1.09. The molecule has 0 saturated heterocycles. The molecule has 0 fully saturated rings. The fourth-order valence-corrected chi connectivity index (χ4v) is 3.87. The van der Waals surface area contributed by atoms with E-state index < -0.39 is 17.0 Å². The van der Waals surface area contributed by atoms with E-state index in [9.17, 15) is 14.3 Å². The maximum atomic E-state index is 14.2. The number of aryl methyl sites for hydroxylation is 1. The normalized spacial score (nSPS) is 18.1. The van der Waals surface area contributed by atoms with Crippen LogP contribution in [0.1, 0.15) is 45.7 Å². The van der Waals surface area contributed by atoms with Crippen LogP contribution in [0.4, 0.5) is 4.39 Å². The highest BCUT2D eigenvalue weighted by Gasteiger charge is 2.47. The number of carbonyl (C=O) groups is 1. The minimum absolute atomic E-state index is 0.0700. The molecule has 0 aliphatic carbocycles. The quantitative estimate of drug-likeness (QED) is 0.573. The summed E-state index contributed by atoms with van der Waals surface area (Å²) < 4.78 is 26.3. The van der Waals surface area contributed by atoms with E-state index in [1.165, 1.54) is 12.1 Å². The van der Waals surface area contributed by atoms with Gasteiger partial charge in [0, 0.05) is 4.47 Å². The van der Waals surface area contributed by atoms with Crippen molar-refractivity contribution in [3.8, 4) is 11.5 Å². The first-order valence-electron chi connectivity index (χ1n) is 9.41. The van der Waals surface area contributed by atoms with Gasteiger partial charge in [0.2, 0.25) is 0 Å². The maximum Gasteiger partial charge on any atom is 0.198 e. The zero-order valence-corrected chi connectivity index (χ0v) is 18.7. The lowest BCUT2D eigenvalue weighted by molar-refractivity contribution is -0.158. The molecule has 1 aliphatic rings. The van der Waals surface area contributed by atoms with Gasteiger partial charge in [-0.1, -0.05) is 28.9 Å². The van der Waals surface area contributed by atoms with Crippen molar-refractivity contribution in [2.45, 2.75) is 52.2 Å². The second-order valence-corrected chi connectivity index (χ2v) is 8.94. The third-order valence-corrected chi connectivity index (χ3v) is 5.44.